The molecule has 2 heterocycles. The number of amides is 1. The Hall–Kier alpha value is -2.83. The minimum atomic E-state index is -0.759. The van der Waals surface area contributed by atoms with Gasteiger partial charge >= 0.3 is 0 Å². The predicted octanol–water partition coefficient (Wildman–Crippen LogP) is 3.94. The Bertz CT molecular complexity index is 944. The fourth-order valence-corrected chi connectivity index (χ4v) is 2.71. The molecule has 7 heteroatoms. The van der Waals surface area contributed by atoms with Gasteiger partial charge in [-0.3, -0.25) is 4.79 Å². The Balaban J connectivity index is 1.76. The van der Waals surface area contributed by atoms with Crippen LogP contribution < -0.4 is 5.32 Å². The second-order valence-electron chi connectivity index (χ2n) is 5.93. The lowest BCUT2D eigenvalue weighted by molar-refractivity contribution is 0.102. The summed E-state index contributed by atoms with van der Waals surface area (Å²) < 4.78 is 31.8. The van der Waals surface area contributed by atoms with Crippen molar-refractivity contribution in [2.45, 2.75) is 25.7 Å². The fourth-order valence-electron chi connectivity index (χ4n) is 2.71. The summed E-state index contributed by atoms with van der Waals surface area (Å²) in [5, 5.41) is 6.88. The molecule has 24 heavy (non-hydrogen) atoms. The van der Waals surface area contributed by atoms with E-state index in [1.165, 1.54) is 0 Å². The zero-order valence-corrected chi connectivity index (χ0v) is 12.8. The van der Waals surface area contributed by atoms with Crippen molar-refractivity contribution >= 4 is 22.7 Å². The number of carbonyl (C=O) groups excluding carboxylic acids is 1. The molecule has 0 aliphatic heterocycles. The van der Waals surface area contributed by atoms with Gasteiger partial charge in [-0.1, -0.05) is 5.16 Å². The van der Waals surface area contributed by atoms with Crippen molar-refractivity contribution in [2.75, 3.05) is 5.32 Å². The summed E-state index contributed by atoms with van der Waals surface area (Å²) in [6, 6.07) is 4.56. The van der Waals surface area contributed by atoms with Gasteiger partial charge in [0.2, 0.25) is 0 Å². The van der Waals surface area contributed by atoms with Gasteiger partial charge in [0.1, 0.15) is 11.6 Å². The summed E-state index contributed by atoms with van der Waals surface area (Å²) in [5.74, 6) is -1.69. The highest BCUT2D eigenvalue weighted by Gasteiger charge is 2.28. The standard InChI is InChI=1S/C17H13F2N3O2/c1-8-15-13(7-14(9-2-3-9)21-17(15)24-22-8)16(23)20-12-5-10(18)4-11(19)6-12/h4-7,9H,2-3H2,1H3,(H,20,23). The Morgan fingerprint density at radius 2 is 1.92 bits per heavy atom. The largest absolute Gasteiger partial charge is 0.336 e. The molecule has 0 unspecified atom stereocenters. The number of aromatic nitrogens is 2. The van der Waals surface area contributed by atoms with Gasteiger partial charge in [0.15, 0.2) is 0 Å². The van der Waals surface area contributed by atoms with Crippen LogP contribution in [0.4, 0.5) is 14.5 Å². The molecule has 1 aromatic carbocycles. The first-order valence-electron chi connectivity index (χ1n) is 7.55. The van der Waals surface area contributed by atoms with Crippen molar-refractivity contribution in [1.29, 1.82) is 0 Å². The van der Waals surface area contributed by atoms with Crippen LogP contribution in [0.15, 0.2) is 28.8 Å². The van der Waals surface area contributed by atoms with E-state index in [1.807, 2.05) is 0 Å². The van der Waals surface area contributed by atoms with Crippen LogP contribution in [0.2, 0.25) is 0 Å². The molecule has 0 saturated heterocycles. The van der Waals surface area contributed by atoms with Gasteiger partial charge in [0.25, 0.3) is 11.6 Å². The fraction of sp³-hybridized carbons (Fsp3) is 0.235. The van der Waals surface area contributed by atoms with Crippen molar-refractivity contribution in [3.05, 3.63) is 52.9 Å². The van der Waals surface area contributed by atoms with Crippen LogP contribution in [-0.4, -0.2) is 16.0 Å². The van der Waals surface area contributed by atoms with Gasteiger partial charge in [-0.2, -0.15) is 0 Å². The summed E-state index contributed by atoms with van der Waals surface area (Å²) >= 11 is 0. The van der Waals surface area contributed by atoms with Gasteiger partial charge < -0.3 is 9.84 Å². The second-order valence-corrected chi connectivity index (χ2v) is 5.93. The maximum Gasteiger partial charge on any atom is 0.259 e. The van der Waals surface area contributed by atoms with E-state index in [0.717, 1.165) is 36.7 Å². The Kier molecular flexibility index (Phi) is 3.30. The molecule has 0 bridgehead atoms. The van der Waals surface area contributed by atoms with Crippen molar-refractivity contribution < 1.29 is 18.1 Å². The lowest BCUT2D eigenvalue weighted by Gasteiger charge is -2.08. The monoisotopic (exact) mass is 329 g/mol. The molecule has 5 nitrogen and oxygen atoms in total. The molecule has 1 N–H and O–H groups in total. The Labute approximate surface area is 135 Å². The molecule has 0 spiro atoms. The third-order valence-corrected chi connectivity index (χ3v) is 4.00. The Morgan fingerprint density at radius 3 is 2.58 bits per heavy atom. The van der Waals surface area contributed by atoms with E-state index in [9.17, 15) is 13.6 Å². The number of hydrogen-bond acceptors (Lipinski definition) is 4. The molecule has 1 aliphatic rings. The number of nitrogens with one attached hydrogen (secondary N) is 1. The summed E-state index contributed by atoms with van der Waals surface area (Å²) in [7, 11) is 0. The number of hydrogen-bond donors (Lipinski definition) is 1. The molecule has 4 rings (SSSR count). The maximum atomic E-state index is 13.3. The first-order valence-corrected chi connectivity index (χ1v) is 7.55. The van der Waals surface area contributed by atoms with Gasteiger partial charge in [0.05, 0.1) is 16.6 Å². The number of pyridine rings is 1. The summed E-state index contributed by atoms with van der Waals surface area (Å²) in [4.78, 5) is 17.1. The molecule has 122 valence electrons. The predicted molar refractivity (Wildman–Crippen MR) is 82.8 cm³/mol. The highest BCUT2D eigenvalue weighted by molar-refractivity contribution is 6.12. The van der Waals surface area contributed by atoms with Crippen LogP contribution in [0.3, 0.4) is 0 Å². The molecule has 1 fully saturated rings. The zero-order chi connectivity index (χ0) is 16.8. The number of carbonyl (C=O) groups is 1. The van der Waals surface area contributed by atoms with Crippen LogP contribution in [0.25, 0.3) is 11.1 Å². The third kappa shape index (κ3) is 2.62. The van der Waals surface area contributed by atoms with E-state index in [2.05, 4.69) is 15.5 Å². The first kappa shape index (κ1) is 14.7. The third-order valence-electron chi connectivity index (χ3n) is 4.00. The van der Waals surface area contributed by atoms with Gasteiger partial charge in [-0.05, 0) is 38.0 Å². The molecule has 0 radical (unpaired) electrons. The maximum absolute atomic E-state index is 13.3. The number of anilines is 1. The van der Waals surface area contributed by atoms with Crippen molar-refractivity contribution in [3.8, 4) is 0 Å². The molecular weight excluding hydrogens is 316 g/mol. The van der Waals surface area contributed by atoms with Crippen molar-refractivity contribution in [3.63, 3.8) is 0 Å². The topological polar surface area (TPSA) is 68.0 Å². The molecule has 1 amide bonds. The minimum Gasteiger partial charge on any atom is -0.336 e. The van der Waals surface area contributed by atoms with Crippen LogP contribution in [0, 0.1) is 18.6 Å². The number of aryl methyl sites for hydroxylation is 1. The van der Waals surface area contributed by atoms with E-state index >= 15 is 0 Å². The van der Waals surface area contributed by atoms with Gasteiger partial charge in [-0.25, -0.2) is 13.8 Å². The van der Waals surface area contributed by atoms with Crippen LogP contribution in [0.1, 0.15) is 40.5 Å². The van der Waals surface area contributed by atoms with E-state index in [-0.39, 0.29) is 5.69 Å². The van der Waals surface area contributed by atoms with E-state index < -0.39 is 17.5 Å². The number of fused-ring (bicyclic) bond motifs is 1. The molecule has 1 saturated carbocycles. The summed E-state index contributed by atoms with van der Waals surface area (Å²) in [6.45, 7) is 1.71. The van der Waals surface area contributed by atoms with Gasteiger partial charge in [-0.15, -0.1) is 0 Å². The summed E-state index contributed by atoms with van der Waals surface area (Å²) in [5.41, 5.74) is 1.99. The number of nitrogens with zero attached hydrogens (tertiary/aromatic N) is 2. The number of rotatable bonds is 3. The average molecular weight is 329 g/mol. The lowest BCUT2D eigenvalue weighted by atomic mass is 10.1. The number of halogens is 2. The lowest BCUT2D eigenvalue weighted by Crippen LogP contribution is -2.14. The molecule has 1 aliphatic carbocycles. The average Bonchev–Trinajstić information content (AvgIpc) is 3.30. The highest BCUT2D eigenvalue weighted by Crippen LogP contribution is 2.40. The smallest absolute Gasteiger partial charge is 0.259 e. The first-order chi connectivity index (χ1) is 11.5. The Morgan fingerprint density at radius 1 is 1.21 bits per heavy atom. The normalized spacial score (nSPS) is 14.1. The quantitative estimate of drug-likeness (QED) is 0.790. The molecular formula is C17H13F2N3O2. The minimum absolute atomic E-state index is 0.0459. The zero-order valence-electron chi connectivity index (χ0n) is 12.8. The molecule has 3 aromatic rings. The molecule has 2 aromatic heterocycles. The molecule has 0 atom stereocenters. The van der Waals surface area contributed by atoms with Gasteiger partial charge in [0, 0.05) is 23.4 Å². The van der Waals surface area contributed by atoms with Crippen molar-refractivity contribution in [1.82, 2.24) is 10.1 Å². The van der Waals surface area contributed by atoms with Crippen molar-refractivity contribution in [2.24, 2.45) is 0 Å². The van der Waals surface area contributed by atoms with E-state index in [4.69, 9.17) is 4.52 Å². The van der Waals surface area contributed by atoms with Crippen LogP contribution in [-0.2, 0) is 0 Å². The SMILES string of the molecule is Cc1noc2nc(C3CC3)cc(C(=O)Nc3cc(F)cc(F)c3)c12. The van der Waals surface area contributed by atoms with E-state index in [1.54, 1.807) is 13.0 Å². The second kappa shape index (κ2) is 5.36. The van der Waals surface area contributed by atoms with E-state index in [0.29, 0.717) is 28.3 Å². The van der Waals surface area contributed by atoms with Crippen LogP contribution in [0.5, 0.6) is 0 Å². The van der Waals surface area contributed by atoms with Crippen LogP contribution >= 0.6 is 0 Å². The number of benzene rings is 1. The highest BCUT2D eigenvalue weighted by atomic mass is 19.1. The summed E-state index contributed by atoms with van der Waals surface area (Å²) in [6.07, 6.45) is 2.03.